The topological polar surface area (TPSA) is 48.1 Å². The van der Waals surface area contributed by atoms with Gasteiger partial charge in [-0.3, -0.25) is 10.1 Å². The van der Waals surface area contributed by atoms with E-state index in [1.807, 2.05) is 53.2 Å². The molecule has 1 heterocycles. The quantitative estimate of drug-likeness (QED) is 0.582. The summed E-state index contributed by atoms with van der Waals surface area (Å²) in [5, 5.41) is 10.3. The second-order valence-corrected chi connectivity index (χ2v) is 3.24. The number of hydrogen-bond acceptors (Lipinski definition) is 2. The van der Waals surface area contributed by atoms with Crippen molar-refractivity contribution in [2.75, 3.05) is 0 Å². The van der Waals surface area contributed by atoms with Gasteiger partial charge in [-0.1, -0.05) is 18.2 Å². The standard InChI is InChI=1S/C12H10N2O2/c15-14(16)10-8-12-7-4-9-13(12)11-5-2-1-3-6-11/h1-10H. The summed E-state index contributed by atoms with van der Waals surface area (Å²) in [6, 6.07) is 13.4. The van der Waals surface area contributed by atoms with Gasteiger partial charge in [-0.15, -0.1) is 0 Å². The van der Waals surface area contributed by atoms with Crippen molar-refractivity contribution in [3.8, 4) is 5.69 Å². The third-order valence-corrected chi connectivity index (χ3v) is 2.18. The molecule has 2 aromatic rings. The molecule has 0 atom stereocenters. The molecular formula is C12H10N2O2. The molecule has 2 rings (SSSR count). The number of para-hydroxylation sites is 1. The Bertz CT molecular complexity index is 515. The molecule has 0 N–H and O–H groups in total. The van der Waals surface area contributed by atoms with Crippen LogP contribution in [0.4, 0.5) is 0 Å². The Labute approximate surface area is 92.6 Å². The molecule has 0 aliphatic carbocycles. The van der Waals surface area contributed by atoms with Crippen molar-refractivity contribution in [1.29, 1.82) is 0 Å². The van der Waals surface area contributed by atoms with Gasteiger partial charge in [-0.05, 0) is 24.3 Å². The van der Waals surface area contributed by atoms with E-state index in [0.29, 0.717) is 0 Å². The molecule has 80 valence electrons. The van der Waals surface area contributed by atoms with Crippen LogP contribution in [0.15, 0.2) is 54.9 Å². The molecule has 4 nitrogen and oxygen atoms in total. The monoisotopic (exact) mass is 214 g/mol. The second-order valence-electron chi connectivity index (χ2n) is 3.24. The molecule has 16 heavy (non-hydrogen) atoms. The van der Waals surface area contributed by atoms with Gasteiger partial charge in [0.25, 0.3) is 0 Å². The summed E-state index contributed by atoms with van der Waals surface area (Å²) < 4.78 is 1.89. The lowest BCUT2D eigenvalue weighted by Crippen LogP contribution is -1.94. The first kappa shape index (κ1) is 10.2. The second kappa shape index (κ2) is 4.44. The Hall–Kier alpha value is -2.36. The van der Waals surface area contributed by atoms with E-state index in [-0.39, 0.29) is 0 Å². The number of benzene rings is 1. The van der Waals surface area contributed by atoms with Crippen LogP contribution in [0.5, 0.6) is 0 Å². The van der Waals surface area contributed by atoms with Crippen molar-refractivity contribution in [2.45, 2.75) is 0 Å². The largest absolute Gasteiger partial charge is 0.317 e. The minimum Gasteiger partial charge on any atom is -0.317 e. The summed E-state index contributed by atoms with van der Waals surface area (Å²) >= 11 is 0. The summed E-state index contributed by atoms with van der Waals surface area (Å²) in [6.07, 6.45) is 4.29. The first-order chi connectivity index (χ1) is 7.77. The molecule has 0 radical (unpaired) electrons. The van der Waals surface area contributed by atoms with Crippen LogP contribution in [0.1, 0.15) is 5.69 Å². The molecule has 0 aliphatic rings. The summed E-state index contributed by atoms with van der Waals surface area (Å²) in [4.78, 5) is 9.78. The van der Waals surface area contributed by atoms with Crippen molar-refractivity contribution in [1.82, 2.24) is 4.57 Å². The minimum absolute atomic E-state index is 0.470. The molecule has 0 aliphatic heterocycles. The fraction of sp³-hybridized carbons (Fsp3) is 0. The molecule has 0 unspecified atom stereocenters. The van der Waals surface area contributed by atoms with Crippen molar-refractivity contribution >= 4 is 6.08 Å². The van der Waals surface area contributed by atoms with Gasteiger partial charge in [-0.2, -0.15) is 0 Å². The highest BCUT2D eigenvalue weighted by atomic mass is 16.6. The summed E-state index contributed by atoms with van der Waals surface area (Å²) in [7, 11) is 0. The number of rotatable bonds is 3. The van der Waals surface area contributed by atoms with Crippen LogP contribution in [-0.4, -0.2) is 9.49 Å². The lowest BCUT2D eigenvalue weighted by Gasteiger charge is -2.04. The van der Waals surface area contributed by atoms with Crippen molar-refractivity contribution in [2.24, 2.45) is 0 Å². The van der Waals surface area contributed by atoms with Gasteiger partial charge in [-0.25, -0.2) is 0 Å². The van der Waals surface area contributed by atoms with E-state index in [4.69, 9.17) is 0 Å². The van der Waals surface area contributed by atoms with Gasteiger partial charge in [0, 0.05) is 18.0 Å². The van der Waals surface area contributed by atoms with Crippen LogP contribution in [0, 0.1) is 10.1 Å². The van der Waals surface area contributed by atoms with Crippen LogP contribution in [0.3, 0.4) is 0 Å². The third-order valence-electron chi connectivity index (χ3n) is 2.18. The molecule has 0 saturated heterocycles. The van der Waals surface area contributed by atoms with Gasteiger partial charge in [0.05, 0.1) is 10.6 Å². The highest BCUT2D eigenvalue weighted by Gasteiger charge is 2.00. The van der Waals surface area contributed by atoms with Gasteiger partial charge >= 0.3 is 0 Å². The smallest absolute Gasteiger partial charge is 0.236 e. The molecule has 1 aromatic heterocycles. The van der Waals surface area contributed by atoms with Gasteiger partial charge in [0.15, 0.2) is 0 Å². The first-order valence-corrected chi connectivity index (χ1v) is 4.82. The number of nitrogens with zero attached hydrogens (tertiary/aromatic N) is 2. The third kappa shape index (κ3) is 2.17. The molecule has 4 heteroatoms. The van der Waals surface area contributed by atoms with Gasteiger partial charge < -0.3 is 4.57 Å². The maximum atomic E-state index is 10.3. The van der Waals surface area contributed by atoms with E-state index < -0.39 is 4.92 Å². The average molecular weight is 214 g/mol. The summed E-state index contributed by atoms with van der Waals surface area (Å²) in [5.74, 6) is 0. The van der Waals surface area contributed by atoms with E-state index in [1.54, 1.807) is 0 Å². The predicted octanol–water partition coefficient (Wildman–Crippen LogP) is 2.72. The van der Waals surface area contributed by atoms with Crippen LogP contribution in [0.2, 0.25) is 0 Å². The lowest BCUT2D eigenvalue weighted by molar-refractivity contribution is -0.401. The Morgan fingerprint density at radius 1 is 1.12 bits per heavy atom. The SMILES string of the molecule is O=[N+]([O-])C=Cc1cccn1-c1ccccc1. The molecule has 1 aromatic carbocycles. The Kier molecular flexibility index (Phi) is 2.82. The highest BCUT2D eigenvalue weighted by Crippen LogP contribution is 2.13. The van der Waals surface area contributed by atoms with Crippen LogP contribution in [-0.2, 0) is 0 Å². The molecule has 0 fully saturated rings. The van der Waals surface area contributed by atoms with Crippen molar-refractivity contribution in [3.63, 3.8) is 0 Å². The zero-order valence-corrected chi connectivity index (χ0v) is 8.48. The molecule has 0 bridgehead atoms. The van der Waals surface area contributed by atoms with Crippen molar-refractivity contribution in [3.05, 3.63) is 70.7 Å². The Morgan fingerprint density at radius 3 is 2.56 bits per heavy atom. The maximum absolute atomic E-state index is 10.3. The molecule has 0 saturated carbocycles. The Balaban J connectivity index is 2.37. The number of nitro groups is 1. The van der Waals surface area contributed by atoms with Gasteiger partial charge in [0.2, 0.25) is 6.20 Å². The lowest BCUT2D eigenvalue weighted by atomic mass is 10.3. The fourth-order valence-electron chi connectivity index (χ4n) is 1.49. The van der Waals surface area contributed by atoms with E-state index >= 15 is 0 Å². The van der Waals surface area contributed by atoms with Crippen molar-refractivity contribution < 1.29 is 4.92 Å². The molecular weight excluding hydrogens is 204 g/mol. The Morgan fingerprint density at radius 2 is 1.88 bits per heavy atom. The summed E-state index contributed by atoms with van der Waals surface area (Å²) in [5.41, 5.74) is 1.76. The average Bonchev–Trinajstić information content (AvgIpc) is 2.75. The van der Waals surface area contributed by atoms with Crippen LogP contribution >= 0.6 is 0 Å². The van der Waals surface area contributed by atoms with E-state index in [2.05, 4.69) is 0 Å². The first-order valence-electron chi connectivity index (χ1n) is 4.82. The molecule has 0 amide bonds. The normalized spacial score (nSPS) is 10.8. The maximum Gasteiger partial charge on any atom is 0.236 e. The minimum atomic E-state index is -0.470. The van der Waals surface area contributed by atoms with Crippen LogP contribution in [0.25, 0.3) is 11.8 Å². The number of hydrogen-bond donors (Lipinski definition) is 0. The zero-order chi connectivity index (χ0) is 11.4. The predicted molar refractivity (Wildman–Crippen MR) is 61.8 cm³/mol. The fourth-order valence-corrected chi connectivity index (χ4v) is 1.49. The number of aromatic nitrogens is 1. The van der Waals surface area contributed by atoms with Crippen LogP contribution < -0.4 is 0 Å². The van der Waals surface area contributed by atoms with E-state index in [9.17, 15) is 10.1 Å². The van der Waals surface area contributed by atoms with E-state index in [0.717, 1.165) is 17.6 Å². The zero-order valence-electron chi connectivity index (χ0n) is 8.48. The van der Waals surface area contributed by atoms with E-state index in [1.165, 1.54) is 6.08 Å². The summed E-state index contributed by atoms with van der Waals surface area (Å²) in [6.45, 7) is 0. The van der Waals surface area contributed by atoms with Gasteiger partial charge in [0.1, 0.15) is 0 Å². The highest BCUT2D eigenvalue weighted by molar-refractivity contribution is 5.49. The molecule has 0 spiro atoms.